The molecule has 6 nitrogen and oxygen atoms in total. The van der Waals surface area contributed by atoms with Crippen molar-refractivity contribution in [3.8, 4) is 0 Å². The molecule has 1 amide bonds. The first-order chi connectivity index (χ1) is 7.59. The molecule has 2 aliphatic rings. The minimum absolute atomic E-state index is 0.0833. The molecule has 3 atom stereocenters. The van der Waals surface area contributed by atoms with E-state index >= 15 is 0 Å². The van der Waals surface area contributed by atoms with Crippen LogP contribution in [-0.2, 0) is 14.3 Å². The number of hydrogen-bond acceptors (Lipinski definition) is 4. The Morgan fingerprint density at radius 1 is 1.38 bits per heavy atom. The molecule has 90 valence electrons. The van der Waals surface area contributed by atoms with Crippen LogP contribution in [0.3, 0.4) is 0 Å². The molecule has 6 heteroatoms. The Hall–Kier alpha value is -1.14. The lowest BCUT2D eigenvalue weighted by Crippen LogP contribution is -2.48. The maximum absolute atomic E-state index is 11.8. The van der Waals surface area contributed by atoms with Crippen LogP contribution < -0.4 is 11.1 Å². The summed E-state index contributed by atoms with van der Waals surface area (Å²) in [7, 11) is 0. The van der Waals surface area contributed by atoms with Gasteiger partial charge in [-0.15, -0.1) is 0 Å². The molecule has 2 fully saturated rings. The summed E-state index contributed by atoms with van der Waals surface area (Å²) in [6, 6.07) is -1.09. The second-order valence-corrected chi connectivity index (χ2v) is 4.47. The molecule has 4 N–H and O–H groups in total. The summed E-state index contributed by atoms with van der Waals surface area (Å²) in [5.41, 5.74) is 5.69. The second kappa shape index (κ2) is 4.39. The molecule has 1 aliphatic carbocycles. The first kappa shape index (κ1) is 11.3. The quantitative estimate of drug-likeness (QED) is 0.569. The van der Waals surface area contributed by atoms with E-state index in [1.54, 1.807) is 0 Å². The number of nitrogens with two attached hydrogens (primary N) is 1. The Bertz CT molecular complexity index is 303. The predicted molar refractivity (Wildman–Crippen MR) is 54.6 cm³/mol. The number of amides is 1. The summed E-state index contributed by atoms with van der Waals surface area (Å²) in [6.07, 6.45) is 1.73. The summed E-state index contributed by atoms with van der Waals surface area (Å²) < 4.78 is 5.08. The van der Waals surface area contributed by atoms with Gasteiger partial charge >= 0.3 is 5.97 Å². The number of aliphatic carboxylic acids is 1. The van der Waals surface area contributed by atoms with Crippen molar-refractivity contribution in [1.29, 1.82) is 0 Å². The molecular weight excluding hydrogens is 212 g/mol. The highest BCUT2D eigenvalue weighted by atomic mass is 16.5. The second-order valence-electron chi connectivity index (χ2n) is 4.47. The largest absolute Gasteiger partial charge is 0.480 e. The van der Waals surface area contributed by atoms with Crippen LogP contribution in [-0.4, -0.2) is 42.3 Å². The standard InChI is InChI=1S/C10H16N2O4/c11-7-4-16-3-6(7)9(13)12-8(10(14)15)5-1-2-5/h5-8H,1-4,11H2,(H,12,13)(H,14,15). The Kier molecular flexibility index (Phi) is 3.11. The third kappa shape index (κ3) is 2.33. The van der Waals surface area contributed by atoms with E-state index in [2.05, 4.69) is 5.32 Å². The van der Waals surface area contributed by atoms with E-state index in [4.69, 9.17) is 15.6 Å². The van der Waals surface area contributed by atoms with Crippen molar-refractivity contribution in [2.75, 3.05) is 13.2 Å². The van der Waals surface area contributed by atoms with Gasteiger partial charge in [-0.1, -0.05) is 0 Å². The number of rotatable bonds is 4. The van der Waals surface area contributed by atoms with Gasteiger partial charge in [0.2, 0.25) is 5.91 Å². The minimum Gasteiger partial charge on any atom is -0.480 e. The molecule has 0 aromatic carbocycles. The van der Waals surface area contributed by atoms with E-state index in [-0.39, 0.29) is 24.5 Å². The van der Waals surface area contributed by atoms with Crippen LogP contribution in [0.15, 0.2) is 0 Å². The highest BCUT2D eigenvalue weighted by Crippen LogP contribution is 2.33. The van der Waals surface area contributed by atoms with Crippen molar-refractivity contribution in [2.24, 2.45) is 17.6 Å². The zero-order valence-corrected chi connectivity index (χ0v) is 8.89. The van der Waals surface area contributed by atoms with Crippen LogP contribution in [0, 0.1) is 11.8 Å². The predicted octanol–water partition coefficient (Wildman–Crippen LogP) is -1.06. The van der Waals surface area contributed by atoms with Gasteiger partial charge in [0.1, 0.15) is 6.04 Å². The molecule has 1 saturated carbocycles. The fourth-order valence-corrected chi connectivity index (χ4v) is 1.91. The van der Waals surface area contributed by atoms with Gasteiger partial charge in [-0.2, -0.15) is 0 Å². The van der Waals surface area contributed by atoms with Crippen molar-refractivity contribution < 1.29 is 19.4 Å². The van der Waals surface area contributed by atoms with Gasteiger partial charge in [-0.3, -0.25) is 4.79 Å². The number of carboxylic acids is 1. The van der Waals surface area contributed by atoms with Gasteiger partial charge in [0.05, 0.1) is 19.1 Å². The Balaban J connectivity index is 1.92. The summed E-state index contributed by atoms with van der Waals surface area (Å²) in [5.74, 6) is -1.60. The van der Waals surface area contributed by atoms with Crippen molar-refractivity contribution in [2.45, 2.75) is 24.9 Å². The lowest BCUT2D eigenvalue weighted by Gasteiger charge is -2.18. The molecule has 1 heterocycles. The van der Waals surface area contributed by atoms with Gasteiger partial charge in [0.25, 0.3) is 0 Å². The van der Waals surface area contributed by atoms with Crippen molar-refractivity contribution in [3.63, 3.8) is 0 Å². The monoisotopic (exact) mass is 228 g/mol. The zero-order valence-electron chi connectivity index (χ0n) is 8.89. The van der Waals surface area contributed by atoms with Gasteiger partial charge in [0, 0.05) is 6.04 Å². The average molecular weight is 228 g/mol. The van der Waals surface area contributed by atoms with Crippen LogP contribution in [0.4, 0.5) is 0 Å². The topological polar surface area (TPSA) is 102 Å². The number of carbonyl (C=O) groups excluding carboxylic acids is 1. The van der Waals surface area contributed by atoms with Gasteiger partial charge in [0.15, 0.2) is 0 Å². The molecule has 0 radical (unpaired) electrons. The fourth-order valence-electron chi connectivity index (χ4n) is 1.91. The molecule has 0 spiro atoms. The first-order valence-corrected chi connectivity index (χ1v) is 5.46. The number of ether oxygens (including phenoxy) is 1. The maximum Gasteiger partial charge on any atom is 0.326 e. The van der Waals surface area contributed by atoms with Crippen LogP contribution >= 0.6 is 0 Å². The normalized spacial score (nSPS) is 31.1. The highest BCUT2D eigenvalue weighted by molar-refractivity contribution is 5.86. The van der Waals surface area contributed by atoms with E-state index in [1.165, 1.54) is 0 Å². The van der Waals surface area contributed by atoms with Crippen LogP contribution in [0.2, 0.25) is 0 Å². The SMILES string of the molecule is NC1COCC1C(=O)NC(C(=O)O)C1CC1. The van der Waals surface area contributed by atoms with Gasteiger partial charge < -0.3 is 20.9 Å². The highest BCUT2D eigenvalue weighted by Gasteiger charge is 2.40. The van der Waals surface area contributed by atoms with Gasteiger partial charge in [-0.05, 0) is 18.8 Å². The smallest absolute Gasteiger partial charge is 0.326 e. The molecule has 0 aromatic heterocycles. The van der Waals surface area contributed by atoms with E-state index in [0.717, 1.165) is 12.8 Å². The summed E-state index contributed by atoms with van der Waals surface area (Å²) in [6.45, 7) is 0.642. The molecular formula is C10H16N2O4. The summed E-state index contributed by atoms with van der Waals surface area (Å²) in [5, 5.41) is 11.5. The fraction of sp³-hybridized carbons (Fsp3) is 0.800. The molecule has 0 bridgehead atoms. The number of carboxylic acid groups (broad SMARTS) is 1. The van der Waals surface area contributed by atoms with E-state index in [0.29, 0.717) is 6.61 Å². The lowest BCUT2D eigenvalue weighted by molar-refractivity contribution is -0.143. The van der Waals surface area contributed by atoms with E-state index in [9.17, 15) is 9.59 Å². The van der Waals surface area contributed by atoms with Crippen molar-refractivity contribution in [1.82, 2.24) is 5.32 Å². The first-order valence-electron chi connectivity index (χ1n) is 5.46. The Morgan fingerprint density at radius 2 is 2.06 bits per heavy atom. The van der Waals surface area contributed by atoms with E-state index in [1.807, 2.05) is 0 Å². The van der Waals surface area contributed by atoms with E-state index < -0.39 is 17.9 Å². The van der Waals surface area contributed by atoms with Gasteiger partial charge in [-0.25, -0.2) is 4.79 Å². The Morgan fingerprint density at radius 3 is 2.50 bits per heavy atom. The van der Waals surface area contributed by atoms with Crippen LogP contribution in [0.25, 0.3) is 0 Å². The summed E-state index contributed by atoms with van der Waals surface area (Å²) in [4.78, 5) is 22.7. The molecule has 1 aliphatic heterocycles. The molecule has 3 unspecified atom stereocenters. The van der Waals surface area contributed by atoms with Crippen LogP contribution in [0.1, 0.15) is 12.8 Å². The Labute approximate surface area is 93.1 Å². The zero-order chi connectivity index (χ0) is 11.7. The number of nitrogens with one attached hydrogen (secondary N) is 1. The maximum atomic E-state index is 11.8. The molecule has 0 aromatic rings. The average Bonchev–Trinajstić information content (AvgIpc) is 2.96. The third-order valence-electron chi connectivity index (χ3n) is 3.12. The number of hydrogen-bond donors (Lipinski definition) is 3. The molecule has 1 saturated heterocycles. The number of carbonyl (C=O) groups is 2. The van der Waals surface area contributed by atoms with Crippen molar-refractivity contribution in [3.05, 3.63) is 0 Å². The lowest BCUT2D eigenvalue weighted by atomic mass is 10.0. The van der Waals surface area contributed by atoms with Crippen LogP contribution in [0.5, 0.6) is 0 Å². The summed E-state index contributed by atoms with van der Waals surface area (Å²) >= 11 is 0. The molecule has 16 heavy (non-hydrogen) atoms. The third-order valence-corrected chi connectivity index (χ3v) is 3.12. The minimum atomic E-state index is -0.969. The van der Waals surface area contributed by atoms with Crippen molar-refractivity contribution >= 4 is 11.9 Å². The molecule has 2 rings (SSSR count).